The summed E-state index contributed by atoms with van der Waals surface area (Å²) in [5.74, 6) is 0.689. The molecule has 2 rings (SSSR count). The molecule has 0 saturated carbocycles. The van der Waals surface area contributed by atoms with Gasteiger partial charge in [0.2, 0.25) is 15.9 Å². The van der Waals surface area contributed by atoms with Crippen LogP contribution in [0.4, 0.5) is 5.82 Å². The fourth-order valence-electron chi connectivity index (χ4n) is 3.56. The molecule has 7 nitrogen and oxygen atoms in total. The van der Waals surface area contributed by atoms with Gasteiger partial charge in [-0.15, -0.1) is 0 Å². The van der Waals surface area contributed by atoms with Crippen LogP contribution in [0.5, 0.6) is 0 Å². The van der Waals surface area contributed by atoms with Crippen LogP contribution >= 0.6 is 0 Å². The van der Waals surface area contributed by atoms with Crippen molar-refractivity contribution in [3.63, 3.8) is 0 Å². The standard InChI is InChI=1S/C18H30N4O3S/c1-13(2)22(14(3)4)26(24,25)15-9-10-17(19-12-15)21-11-7-8-16(21)18(23)20(5)6/h9-10,12-14,16H,7-8,11H2,1-6H3/t16-/m1/s1. The lowest BCUT2D eigenvalue weighted by Gasteiger charge is -2.30. The van der Waals surface area contributed by atoms with Crippen LogP contribution in [-0.4, -0.2) is 67.3 Å². The molecule has 1 saturated heterocycles. The van der Waals surface area contributed by atoms with Gasteiger partial charge in [0.25, 0.3) is 0 Å². The molecule has 1 fully saturated rings. The maximum absolute atomic E-state index is 12.9. The van der Waals surface area contributed by atoms with Gasteiger partial charge in [-0.1, -0.05) is 0 Å². The van der Waals surface area contributed by atoms with Gasteiger partial charge in [0.15, 0.2) is 0 Å². The van der Waals surface area contributed by atoms with E-state index in [9.17, 15) is 13.2 Å². The van der Waals surface area contributed by atoms with Gasteiger partial charge in [-0.05, 0) is 52.7 Å². The molecule has 0 aromatic carbocycles. The highest BCUT2D eigenvalue weighted by molar-refractivity contribution is 7.89. The van der Waals surface area contributed by atoms with Crippen molar-refractivity contribution in [3.05, 3.63) is 18.3 Å². The van der Waals surface area contributed by atoms with Crippen LogP contribution in [0.2, 0.25) is 0 Å². The van der Waals surface area contributed by atoms with Crippen molar-refractivity contribution in [1.82, 2.24) is 14.2 Å². The Morgan fingerprint density at radius 1 is 1.19 bits per heavy atom. The van der Waals surface area contributed by atoms with E-state index in [1.807, 2.05) is 32.6 Å². The van der Waals surface area contributed by atoms with Gasteiger partial charge in [0.1, 0.15) is 16.8 Å². The predicted molar refractivity (Wildman–Crippen MR) is 103 cm³/mol. The first kappa shape index (κ1) is 20.6. The molecule has 0 spiro atoms. The van der Waals surface area contributed by atoms with Gasteiger partial charge < -0.3 is 9.80 Å². The summed E-state index contributed by atoms with van der Waals surface area (Å²) in [7, 11) is -0.117. The van der Waals surface area contributed by atoms with Crippen molar-refractivity contribution < 1.29 is 13.2 Å². The minimum Gasteiger partial charge on any atom is -0.347 e. The minimum atomic E-state index is -3.61. The molecule has 0 unspecified atom stereocenters. The SMILES string of the molecule is CC(C)N(C(C)C)S(=O)(=O)c1ccc(N2CCC[C@@H]2C(=O)N(C)C)nc1. The number of hydrogen-bond acceptors (Lipinski definition) is 5. The smallest absolute Gasteiger partial charge is 0.245 e. The van der Waals surface area contributed by atoms with Crippen LogP contribution in [0.1, 0.15) is 40.5 Å². The summed E-state index contributed by atoms with van der Waals surface area (Å²) in [4.78, 5) is 20.4. The number of rotatable bonds is 6. The topological polar surface area (TPSA) is 73.8 Å². The second-order valence-electron chi connectivity index (χ2n) is 7.46. The molecule has 0 aliphatic carbocycles. The molecule has 1 atom stereocenters. The lowest BCUT2D eigenvalue weighted by Crippen LogP contribution is -2.43. The molecule has 8 heteroatoms. The van der Waals surface area contributed by atoms with Crippen molar-refractivity contribution in [1.29, 1.82) is 0 Å². The molecular formula is C18H30N4O3S. The lowest BCUT2D eigenvalue weighted by molar-refractivity contribution is -0.129. The molecule has 1 aliphatic heterocycles. The summed E-state index contributed by atoms with van der Waals surface area (Å²) in [5.41, 5.74) is 0. The van der Waals surface area contributed by atoms with Crippen molar-refractivity contribution >= 4 is 21.7 Å². The van der Waals surface area contributed by atoms with Crippen LogP contribution in [0.15, 0.2) is 23.2 Å². The van der Waals surface area contributed by atoms with Crippen LogP contribution < -0.4 is 4.90 Å². The monoisotopic (exact) mass is 382 g/mol. The quantitative estimate of drug-likeness (QED) is 0.752. The zero-order valence-electron chi connectivity index (χ0n) is 16.5. The molecule has 1 aromatic heterocycles. The van der Waals surface area contributed by atoms with E-state index in [0.29, 0.717) is 5.82 Å². The molecule has 0 radical (unpaired) electrons. The van der Waals surface area contributed by atoms with E-state index in [1.165, 1.54) is 10.5 Å². The number of aromatic nitrogens is 1. The Morgan fingerprint density at radius 2 is 1.81 bits per heavy atom. The molecule has 1 amide bonds. The molecule has 0 bridgehead atoms. The minimum absolute atomic E-state index is 0.0480. The lowest BCUT2D eigenvalue weighted by atomic mass is 10.2. The van der Waals surface area contributed by atoms with E-state index < -0.39 is 10.0 Å². The Morgan fingerprint density at radius 3 is 2.27 bits per heavy atom. The van der Waals surface area contributed by atoms with Crippen molar-refractivity contribution in [2.75, 3.05) is 25.5 Å². The first-order valence-electron chi connectivity index (χ1n) is 9.04. The summed E-state index contributed by atoms with van der Waals surface area (Å²) in [6, 6.07) is 2.78. The van der Waals surface area contributed by atoms with Crippen LogP contribution in [0.25, 0.3) is 0 Å². The molecule has 0 N–H and O–H groups in total. The maximum atomic E-state index is 12.9. The fourth-order valence-corrected chi connectivity index (χ4v) is 5.34. The average Bonchev–Trinajstić information content (AvgIpc) is 3.02. The molecule has 2 heterocycles. The number of sulfonamides is 1. The van der Waals surface area contributed by atoms with Crippen LogP contribution in [-0.2, 0) is 14.8 Å². The second-order valence-corrected chi connectivity index (χ2v) is 9.30. The predicted octanol–water partition coefficient (Wildman–Crippen LogP) is 1.95. The number of likely N-dealkylation sites (N-methyl/N-ethyl adjacent to an activating group) is 1. The van der Waals surface area contributed by atoms with Crippen molar-refractivity contribution in [2.45, 2.75) is 63.6 Å². The third-order valence-corrected chi connectivity index (χ3v) is 6.82. The van der Waals surface area contributed by atoms with Gasteiger partial charge >= 0.3 is 0 Å². The number of pyridine rings is 1. The van der Waals surface area contributed by atoms with Crippen molar-refractivity contribution in [3.8, 4) is 0 Å². The van der Waals surface area contributed by atoms with Gasteiger partial charge in [0.05, 0.1) is 0 Å². The Labute approximate surface area is 157 Å². The van der Waals surface area contributed by atoms with Crippen LogP contribution in [0, 0.1) is 0 Å². The Bertz CT molecular complexity index is 721. The van der Waals surface area contributed by atoms with E-state index in [4.69, 9.17) is 0 Å². The van der Waals surface area contributed by atoms with E-state index in [1.54, 1.807) is 31.1 Å². The molecule has 146 valence electrons. The summed E-state index contributed by atoms with van der Waals surface area (Å²) in [6.07, 6.45) is 3.10. The number of amides is 1. The Hall–Kier alpha value is -1.67. The van der Waals surface area contributed by atoms with Crippen LogP contribution in [0.3, 0.4) is 0 Å². The third-order valence-electron chi connectivity index (χ3n) is 4.59. The Balaban J connectivity index is 2.29. The van der Waals surface area contributed by atoms with Gasteiger partial charge in [0, 0.05) is 38.9 Å². The largest absolute Gasteiger partial charge is 0.347 e. The number of nitrogens with zero attached hydrogens (tertiary/aromatic N) is 4. The number of anilines is 1. The highest BCUT2D eigenvalue weighted by Crippen LogP contribution is 2.27. The maximum Gasteiger partial charge on any atom is 0.245 e. The van der Waals surface area contributed by atoms with Gasteiger partial charge in [-0.3, -0.25) is 4.79 Å². The number of hydrogen-bond donors (Lipinski definition) is 0. The average molecular weight is 383 g/mol. The number of carbonyl (C=O) groups is 1. The Kier molecular flexibility index (Phi) is 6.29. The summed E-state index contributed by atoms with van der Waals surface area (Å²) in [6.45, 7) is 8.19. The number of carbonyl (C=O) groups excluding carboxylic acids is 1. The summed E-state index contributed by atoms with van der Waals surface area (Å²) < 4.78 is 27.3. The summed E-state index contributed by atoms with van der Waals surface area (Å²) in [5, 5.41) is 0. The molecule has 1 aromatic rings. The van der Waals surface area contributed by atoms with Gasteiger partial charge in [-0.25, -0.2) is 13.4 Å². The first-order valence-corrected chi connectivity index (χ1v) is 10.5. The fraction of sp³-hybridized carbons (Fsp3) is 0.667. The molecule has 1 aliphatic rings. The van der Waals surface area contributed by atoms with Gasteiger partial charge in [-0.2, -0.15) is 4.31 Å². The molecule has 26 heavy (non-hydrogen) atoms. The first-order chi connectivity index (χ1) is 12.1. The normalized spacial score (nSPS) is 18.2. The highest BCUT2D eigenvalue weighted by atomic mass is 32.2. The second kappa shape index (κ2) is 7.92. The highest BCUT2D eigenvalue weighted by Gasteiger charge is 2.33. The van der Waals surface area contributed by atoms with E-state index >= 15 is 0 Å². The van der Waals surface area contributed by atoms with E-state index in [0.717, 1.165) is 19.4 Å². The zero-order chi connectivity index (χ0) is 19.6. The van der Waals surface area contributed by atoms with Crippen molar-refractivity contribution in [2.24, 2.45) is 0 Å². The molecular weight excluding hydrogens is 352 g/mol. The van der Waals surface area contributed by atoms with E-state index in [-0.39, 0.29) is 28.9 Å². The van der Waals surface area contributed by atoms with E-state index in [2.05, 4.69) is 4.98 Å². The zero-order valence-corrected chi connectivity index (χ0v) is 17.3. The summed E-state index contributed by atoms with van der Waals surface area (Å²) >= 11 is 0. The third kappa shape index (κ3) is 4.01.